The third-order valence-corrected chi connectivity index (χ3v) is 2.77. The van der Waals surface area contributed by atoms with Gasteiger partial charge in [-0.25, -0.2) is 8.42 Å². The fraction of sp³-hybridized carbons (Fsp3) is 0.143. The molecule has 0 unspecified atom stereocenters. The highest BCUT2D eigenvalue weighted by molar-refractivity contribution is 7.89. The van der Waals surface area contributed by atoms with Crippen molar-refractivity contribution in [2.75, 3.05) is 6.67 Å². The third kappa shape index (κ3) is 2.60. The molecule has 0 fully saturated rings. The van der Waals surface area contributed by atoms with Gasteiger partial charge in [0.15, 0.2) is 0 Å². The van der Waals surface area contributed by atoms with Crippen molar-refractivity contribution in [2.45, 2.75) is 4.90 Å². The number of nitrogens with zero attached hydrogens (tertiary/aromatic N) is 1. The van der Waals surface area contributed by atoms with Gasteiger partial charge in [-0.15, -0.1) is 4.91 Å². The summed E-state index contributed by atoms with van der Waals surface area (Å²) in [6.07, 6.45) is 0. The fourth-order valence-corrected chi connectivity index (χ4v) is 1.70. The van der Waals surface area contributed by atoms with Crippen molar-refractivity contribution in [1.29, 1.82) is 0 Å². The Hall–Kier alpha value is -1.27. The first-order chi connectivity index (χ1) is 6.17. The van der Waals surface area contributed by atoms with Crippen molar-refractivity contribution < 1.29 is 8.42 Å². The molecule has 70 valence electrons. The third-order valence-electron chi connectivity index (χ3n) is 1.37. The van der Waals surface area contributed by atoms with Gasteiger partial charge in [-0.05, 0) is 12.1 Å². The highest BCUT2D eigenvalue weighted by Crippen LogP contribution is 2.06. The zero-order valence-corrected chi connectivity index (χ0v) is 7.49. The molecule has 0 amide bonds. The molecule has 0 heterocycles. The number of benzene rings is 1. The van der Waals surface area contributed by atoms with Crippen molar-refractivity contribution in [3.63, 3.8) is 0 Å². The van der Waals surface area contributed by atoms with Crippen molar-refractivity contribution in [3.05, 3.63) is 35.2 Å². The number of nitrogens with one attached hydrogen (secondary N) is 1. The zero-order valence-electron chi connectivity index (χ0n) is 6.67. The minimum Gasteiger partial charge on any atom is -0.207 e. The topological polar surface area (TPSA) is 75.6 Å². The van der Waals surface area contributed by atoms with Crippen LogP contribution in [-0.4, -0.2) is 15.1 Å². The molecule has 13 heavy (non-hydrogen) atoms. The summed E-state index contributed by atoms with van der Waals surface area (Å²) in [5.41, 5.74) is 0. The molecule has 1 aromatic rings. The van der Waals surface area contributed by atoms with Crippen LogP contribution in [0.3, 0.4) is 0 Å². The molecule has 0 atom stereocenters. The lowest BCUT2D eigenvalue weighted by atomic mass is 10.4. The maximum atomic E-state index is 11.3. The van der Waals surface area contributed by atoms with E-state index in [4.69, 9.17) is 0 Å². The van der Waals surface area contributed by atoms with Crippen LogP contribution in [-0.2, 0) is 10.0 Å². The molecular weight excluding hydrogens is 192 g/mol. The Labute approximate surface area is 75.8 Å². The molecule has 0 aliphatic rings. The second-order valence-corrected chi connectivity index (χ2v) is 4.01. The van der Waals surface area contributed by atoms with E-state index in [9.17, 15) is 13.3 Å². The summed E-state index contributed by atoms with van der Waals surface area (Å²) in [6.45, 7) is -0.447. The Kier molecular flexibility index (Phi) is 3.10. The normalized spacial score (nSPS) is 11.1. The number of hydrogen-bond donors (Lipinski definition) is 1. The maximum Gasteiger partial charge on any atom is 0.242 e. The smallest absolute Gasteiger partial charge is 0.207 e. The van der Waals surface area contributed by atoms with Crippen molar-refractivity contribution in [1.82, 2.24) is 4.72 Å². The van der Waals surface area contributed by atoms with E-state index < -0.39 is 16.7 Å². The molecule has 6 heteroatoms. The Morgan fingerprint density at radius 3 is 2.38 bits per heavy atom. The van der Waals surface area contributed by atoms with Crippen LogP contribution in [0.15, 0.2) is 40.4 Å². The summed E-state index contributed by atoms with van der Waals surface area (Å²) in [4.78, 5) is 9.83. The lowest BCUT2D eigenvalue weighted by Crippen LogP contribution is -2.23. The summed E-state index contributed by atoms with van der Waals surface area (Å²) < 4.78 is 24.6. The van der Waals surface area contributed by atoms with Gasteiger partial charge in [0.2, 0.25) is 10.0 Å². The molecule has 0 radical (unpaired) electrons. The number of sulfonamides is 1. The van der Waals surface area contributed by atoms with E-state index in [-0.39, 0.29) is 4.90 Å². The first-order valence-corrected chi connectivity index (χ1v) is 4.99. The van der Waals surface area contributed by atoms with Gasteiger partial charge in [0.1, 0.15) is 6.67 Å². The van der Waals surface area contributed by atoms with Crippen LogP contribution in [0.4, 0.5) is 0 Å². The van der Waals surface area contributed by atoms with Crippen molar-refractivity contribution >= 4 is 10.0 Å². The molecule has 0 aliphatic heterocycles. The van der Waals surface area contributed by atoms with Crippen LogP contribution >= 0.6 is 0 Å². The average molecular weight is 200 g/mol. The zero-order chi connectivity index (χ0) is 9.73. The van der Waals surface area contributed by atoms with Crippen LogP contribution in [0, 0.1) is 4.91 Å². The van der Waals surface area contributed by atoms with Gasteiger partial charge in [-0.2, -0.15) is 4.72 Å². The first kappa shape index (κ1) is 9.82. The van der Waals surface area contributed by atoms with Gasteiger partial charge in [-0.3, -0.25) is 0 Å². The highest BCUT2D eigenvalue weighted by atomic mass is 32.2. The molecular formula is C7H8N2O3S. The molecule has 0 aromatic heterocycles. The maximum absolute atomic E-state index is 11.3. The van der Waals surface area contributed by atoms with E-state index in [0.29, 0.717) is 0 Å². The monoisotopic (exact) mass is 200 g/mol. The quantitative estimate of drug-likeness (QED) is 0.726. The molecule has 5 nitrogen and oxygen atoms in total. The van der Waals surface area contributed by atoms with Gasteiger partial charge in [-0.1, -0.05) is 23.4 Å². The molecule has 0 saturated heterocycles. The van der Waals surface area contributed by atoms with E-state index in [1.807, 2.05) is 4.72 Å². The van der Waals surface area contributed by atoms with E-state index in [0.717, 1.165) is 0 Å². The second-order valence-electron chi connectivity index (χ2n) is 2.25. The predicted molar refractivity (Wildman–Crippen MR) is 47.4 cm³/mol. The van der Waals surface area contributed by atoms with Crippen molar-refractivity contribution in [2.24, 2.45) is 5.18 Å². The summed E-state index contributed by atoms with van der Waals surface area (Å²) in [7, 11) is -3.57. The predicted octanol–water partition coefficient (Wildman–Crippen LogP) is 0.689. The Bertz CT molecular complexity index is 374. The number of rotatable bonds is 4. The molecule has 0 aliphatic carbocycles. The van der Waals surface area contributed by atoms with Crippen LogP contribution in [0.5, 0.6) is 0 Å². The summed E-state index contributed by atoms with van der Waals surface area (Å²) in [5.74, 6) is 0. The Balaban J connectivity index is 2.88. The van der Waals surface area contributed by atoms with Crippen LogP contribution < -0.4 is 4.72 Å². The second kappa shape index (κ2) is 4.11. The van der Waals surface area contributed by atoms with E-state index >= 15 is 0 Å². The van der Waals surface area contributed by atoms with Gasteiger partial charge in [0, 0.05) is 0 Å². The minimum atomic E-state index is -3.57. The van der Waals surface area contributed by atoms with Gasteiger partial charge >= 0.3 is 0 Å². The van der Waals surface area contributed by atoms with Gasteiger partial charge < -0.3 is 0 Å². The summed E-state index contributed by atoms with van der Waals surface area (Å²) in [6, 6.07) is 7.78. The molecule has 1 N–H and O–H groups in total. The summed E-state index contributed by atoms with van der Waals surface area (Å²) in [5, 5.41) is 2.41. The number of hydrogen-bond acceptors (Lipinski definition) is 4. The van der Waals surface area contributed by atoms with E-state index in [1.54, 1.807) is 18.2 Å². The molecule has 0 bridgehead atoms. The fourth-order valence-electron chi connectivity index (χ4n) is 0.794. The molecule has 1 aromatic carbocycles. The van der Waals surface area contributed by atoms with Crippen molar-refractivity contribution in [3.8, 4) is 0 Å². The lowest BCUT2D eigenvalue weighted by Gasteiger charge is -2.01. The van der Waals surface area contributed by atoms with E-state index in [1.165, 1.54) is 12.1 Å². The molecule has 0 saturated carbocycles. The lowest BCUT2D eigenvalue weighted by molar-refractivity contribution is 0.583. The van der Waals surface area contributed by atoms with Gasteiger partial charge in [0.25, 0.3) is 0 Å². The van der Waals surface area contributed by atoms with E-state index in [2.05, 4.69) is 5.18 Å². The molecule has 0 spiro atoms. The molecule has 1 rings (SSSR count). The number of nitroso groups, excluding NO2 is 1. The highest BCUT2D eigenvalue weighted by Gasteiger charge is 2.11. The first-order valence-electron chi connectivity index (χ1n) is 3.50. The summed E-state index contributed by atoms with van der Waals surface area (Å²) >= 11 is 0. The largest absolute Gasteiger partial charge is 0.242 e. The van der Waals surface area contributed by atoms with Gasteiger partial charge in [0.05, 0.1) is 4.90 Å². The van der Waals surface area contributed by atoms with Crippen LogP contribution in [0.1, 0.15) is 0 Å². The van der Waals surface area contributed by atoms with Crippen LogP contribution in [0.25, 0.3) is 0 Å². The SMILES string of the molecule is O=NCNS(=O)(=O)c1ccccc1. The standard InChI is InChI=1S/C7H8N2O3S/c10-8-6-9-13(11,12)7-4-2-1-3-5-7/h1-5,9H,6H2. The van der Waals surface area contributed by atoms with Crippen LogP contribution in [0.2, 0.25) is 0 Å². The Morgan fingerprint density at radius 2 is 1.85 bits per heavy atom. The average Bonchev–Trinajstić information content (AvgIpc) is 2.16. The minimum absolute atomic E-state index is 0.124. The Morgan fingerprint density at radius 1 is 1.23 bits per heavy atom.